The van der Waals surface area contributed by atoms with Crippen LogP contribution in [0, 0.1) is 0 Å². The van der Waals surface area contributed by atoms with Gasteiger partial charge in [0.05, 0.1) is 0 Å². The Labute approximate surface area is 58.0 Å². The molecule has 1 aromatic carbocycles. The number of rotatable bonds is 0. The van der Waals surface area contributed by atoms with Crippen molar-refractivity contribution in [3.05, 3.63) is 30.6 Å². The van der Waals surface area contributed by atoms with Crippen molar-refractivity contribution >= 4 is 11.0 Å². The van der Waals surface area contributed by atoms with Gasteiger partial charge in [0.2, 0.25) is 6.33 Å². The number of para-hydroxylation sites is 2. The maximum atomic E-state index is 3.06. The summed E-state index contributed by atoms with van der Waals surface area (Å²) in [5.41, 5.74) is 2.30. The van der Waals surface area contributed by atoms with E-state index in [1.54, 1.807) is 0 Å². The molecular formula is C7H8N2O. The predicted molar refractivity (Wildman–Crippen MR) is 36.8 cm³/mol. The van der Waals surface area contributed by atoms with Gasteiger partial charge in [0.15, 0.2) is 11.0 Å². The molecule has 0 aliphatic rings. The lowest BCUT2D eigenvalue weighted by atomic mass is 10.3. The van der Waals surface area contributed by atoms with Gasteiger partial charge in [-0.1, -0.05) is 12.1 Å². The molecular weight excluding hydrogens is 128 g/mol. The number of benzene rings is 1. The number of H-pyrrole nitrogens is 2. The molecule has 3 N–H and O–H groups in total. The van der Waals surface area contributed by atoms with Crippen molar-refractivity contribution in [2.45, 2.75) is 0 Å². The summed E-state index contributed by atoms with van der Waals surface area (Å²) < 4.78 is 0. The van der Waals surface area contributed by atoms with Gasteiger partial charge >= 0.3 is 0 Å². The summed E-state index contributed by atoms with van der Waals surface area (Å²) in [4.78, 5) is 6.13. The van der Waals surface area contributed by atoms with Crippen molar-refractivity contribution in [3.63, 3.8) is 0 Å². The van der Waals surface area contributed by atoms with Gasteiger partial charge in [-0.3, -0.25) is 0 Å². The second-order valence-corrected chi connectivity index (χ2v) is 1.98. The third kappa shape index (κ3) is 0.867. The van der Waals surface area contributed by atoms with Crippen molar-refractivity contribution in [1.29, 1.82) is 0 Å². The molecule has 0 saturated heterocycles. The second kappa shape index (κ2) is 2.49. The first kappa shape index (κ1) is 6.77. The number of hydrogen-bond acceptors (Lipinski definition) is 1. The van der Waals surface area contributed by atoms with Crippen molar-refractivity contribution in [3.8, 4) is 0 Å². The monoisotopic (exact) mass is 136 g/mol. The minimum absolute atomic E-state index is 0. The molecule has 0 radical (unpaired) electrons. The Hall–Kier alpha value is -1.35. The Morgan fingerprint density at radius 3 is 2.80 bits per heavy atom. The molecule has 2 rings (SSSR count). The van der Waals surface area contributed by atoms with Crippen LogP contribution in [-0.2, 0) is 0 Å². The SMILES string of the molecule is [OH-].c1ccc2[nH+]c[nH]c2c1. The van der Waals surface area contributed by atoms with E-state index >= 15 is 0 Å². The molecule has 1 heterocycles. The zero-order valence-corrected chi connectivity index (χ0v) is 5.33. The van der Waals surface area contributed by atoms with Crippen LogP contribution < -0.4 is 4.98 Å². The highest BCUT2D eigenvalue weighted by Gasteiger charge is 1.95. The van der Waals surface area contributed by atoms with Crippen LogP contribution >= 0.6 is 0 Å². The minimum Gasteiger partial charge on any atom is -0.870 e. The molecule has 1 aromatic heterocycles. The molecule has 2 aromatic rings. The highest BCUT2D eigenvalue weighted by molar-refractivity contribution is 5.69. The zero-order chi connectivity index (χ0) is 6.10. The van der Waals surface area contributed by atoms with Crippen LogP contribution in [0.25, 0.3) is 11.0 Å². The second-order valence-electron chi connectivity index (χ2n) is 1.98. The molecule has 0 aliphatic carbocycles. The van der Waals surface area contributed by atoms with E-state index in [9.17, 15) is 0 Å². The first-order valence-corrected chi connectivity index (χ1v) is 2.90. The fourth-order valence-electron chi connectivity index (χ4n) is 0.926. The number of hydrogen-bond donors (Lipinski definition) is 1. The van der Waals surface area contributed by atoms with Gasteiger partial charge in [0.1, 0.15) is 0 Å². The molecule has 0 aliphatic heterocycles. The van der Waals surface area contributed by atoms with E-state index in [2.05, 4.69) is 9.97 Å². The van der Waals surface area contributed by atoms with Crippen molar-refractivity contribution < 1.29 is 10.5 Å². The number of aromatic amines is 2. The van der Waals surface area contributed by atoms with Crippen molar-refractivity contribution in [1.82, 2.24) is 4.98 Å². The third-order valence-corrected chi connectivity index (χ3v) is 1.38. The van der Waals surface area contributed by atoms with E-state index in [1.807, 2.05) is 30.6 Å². The van der Waals surface area contributed by atoms with E-state index in [1.165, 1.54) is 0 Å². The van der Waals surface area contributed by atoms with E-state index in [0.29, 0.717) is 0 Å². The van der Waals surface area contributed by atoms with Gasteiger partial charge < -0.3 is 5.48 Å². The molecule has 3 nitrogen and oxygen atoms in total. The number of imidazole rings is 1. The Morgan fingerprint density at radius 1 is 1.20 bits per heavy atom. The van der Waals surface area contributed by atoms with Crippen LogP contribution in [0.1, 0.15) is 0 Å². The molecule has 10 heavy (non-hydrogen) atoms. The highest BCUT2D eigenvalue weighted by atomic mass is 16.0. The van der Waals surface area contributed by atoms with Crippen LogP contribution in [0.5, 0.6) is 0 Å². The third-order valence-electron chi connectivity index (χ3n) is 1.38. The van der Waals surface area contributed by atoms with Crippen molar-refractivity contribution in [2.24, 2.45) is 0 Å². The molecule has 0 bridgehead atoms. The Balaban J connectivity index is 0.000000500. The molecule has 52 valence electrons. The quantitative estimate of drug-likeness (QED) is 0.572. The topological polar surface area (TPSA) is 59.9 Å². The van der Waals surface area contributed by atoms with Gasteiger partial charge in [-0.2, -0.15) is 0 Å². The molecule has 0 fully saturated rings. The van der Waals surface area contributed by atoms with Crippen LogP contribution in [0.15, 0.2) is 30.6 Å². The molecule has 0 atom stereocenters. The standard InChI is InChI=1S/C7H6N2.H2O/c1-2-4-7-6(3-1)8-5-9-7;/h1-5H,(H,8,9);1H2. The lowest BCUT2D eigenvalue weighted by Gasteiger charge is -1.76. The lowest BCUT2D eigenvalue weighted by Crippen LogP contribution is -1.92. The lowest BCUT2D eigenvalue weighted by molar-refractivity contribution is -0.344. The largest absolute Gasteiger partial charge is 0.870 e. The van der Waals surface area contributed by atoms with E-state index in [-0.39, 0.29) is 5.48 Å². The average molecular weight is 136 g/mol. The van der Waals surface area contributed by atoms with Gasteiger partial charge in [0, 0.05) is 0 Å². The predicted octanol–water partition coefficient (Wildman–Crippen LogP) is 0.805. The fourth-order valence-corrected chi connectivity index (χ4v) is 0.926. The zero-order valence-electron chi connectivity index (χ0n) is 5.33. The van der Waals surface area contributed by atoms with E-state index < -0.39 is 0 Å². The normalized spacial score (nSPS) is 9.20. The Morgan fingerprint density at radius 2 is 2.00 bits per heavy atom. The summed E-state index contributed by atoms with van der Waals surface area (Å²) in [7, 11) is 0. The van der Waals surface area contributed by atoms with Crippen molar-refractivity contribution in [2.75, 3.05) is 0 Å². The Bertz CT molecular complexity index is 286. The summed E-state index contributed by atoms with van der Waals surface area (Å²) in [6, 6.07) is 8.08. The number of aromatic nitrogens is 2. The molecule has 0 saturated carbocycles. The fraction of sp³-hybridized carbons (Fsp3) is 0. The summed E-state index contributed by atoms with van der Waals surface area (Å²) >= 11 is 0. The minimum atomic E-state index is 0. The summed E-state index contributed by atoms with van der Waals surface area (Å²) in [6.45, 7) is 0. The van der Waals surface area contributed by atoms with E-state index in [0.717, 1.165) is 11.0 Å². The number of nitrogens with one attached hydrogen (secondary N) is 2. The van der Waals surface area contributed by atoms with Crippen LogP contribution in [0.3, 0.4) is 0 Å². The van der Waals surface area contributed by atoms with Gasteiger partial charge in [-0.15, -0.1) is 0 Å². The van der Waals surface area contributed by atoms with E-state index in [4.69, 9.17) is 0 Å². The van der Waals surface area contributed by atoms with Crippen LogP contribution in [0.4, 0.5) is 0 Å². The first-order valence-electron chi connectivity index (χ1n) is 2.90. The summed E-state index contributed by atoms with van der Waals surface area (Å²) in [5, 5.41) is 0. The number of fused-ring (bicyclic) bond motifs is 1. The van der Waals surface area contributed by atoms with Gasteiger partial charge in [-0.05, 0) is 12.1 Å². The van der Waals surface area contributed by atoms with Gasteiger partial charge in [0.25, 0.3) is 0 Å². The smallest absolute Gasteiger partial charge is 0.240 e. The van der Waals surface area contributed by atoms with Gasteiger partial charge in [-0.25, -0.2) is 9.97 Å². The maximum Gasteiger partial charge on any atom is 0.240 e. The first-order chi connectivity index (χ1) is 4.47. The average Bonchev–Trinajstić information content (AvgIpc) is 2.33. The summed E-state index contributed by atoms with van der Waals surface area (Å²) in [6.07, 6.45) is 1.82. The molecule has 0 unspecified atom stereocenters. The summed E-state index contributed by atoms with van der Waals surface area (Å²) in [5.74, 6) is 0. The maximum absolute atomic E-state index is 3.06. The Kier molecular flexibility index (Phi) is 1.69. The highest BCUT2D eigenvalue weighted by Crippen LogP contribution is 2.01. The van der Waals surface area contributed by atoms with Crippen LogP contribution in [-0.4, -0.2) is 10.5 Å². The van der Waals surface area contributed by atoms with Crippen LogP contribution in [0.2, 0.25) is 0 Å². The molecule has 3 heteroatoms. The molecule has 0 spiro atoms. The molecule has 0 amide bonds.